The first-order valence-electron chi connectivity index (χ1n) is 6.17. The molecule has 0 bridgehead atoms. The van der Waals surface area contributed by atoms with E-state index < -0.39 is 5.97 Å². The Morgan fingerprint density at radius 3 is 2.81 bits per heavy atom. The lowest BCUT2D eigenvalue weighted by Crippen LogP contribution is -2.09. The average Bonchev–Trinajstić information content (AvgIpc) is 2.94. The number of phenolic OH excluding ortho intramolecular Hbond substituents is 1. The number of tetrazole rings is 1. The Balaban J connectivity index is 2.06. The van der Waals surface area contributed by atoms with E-state index in [0.29, 0.717) is 28.8 Å². The van der Waals surface area contributed by atoms with Crippen molar-refractivity contribution in [1.29, 1.82) is 0 Å². The van der Waals surface area contributed by atoms with E-state index in [0.717, 1.165) is 0 Å². The summed E-state index contributed by atoms with van der Waals surface area (Å²) in [5.74, 6) is 0.0717. The highest BCUT2D eigenvalue weighted by molar-refractivity contribution is 7.99. The number of benzene rings is 1. The van der Waals surface area contributed by atoms with Crippen LogP contribution >= 0.6 is 11.8 Å². The third kappa shape index (κ3) is 3.82. The minimum Gasteiger partial charge on any atom is -0.508 e. The summed E-state index contributed by atoms with van der Waals surface area (Å²) in [4.78, 5) is 11.5. The molecule has 21 heavy (non-hydrogen) atoms. The normalized spacial score (nSPS) is 10.3. The molecule has 0 unspecified atom stereocenters. The van der Waals surface area contributed by atoms with Gasteiger partial charge in [-0.2, -0.15) is 4.68 Å². The smallest absolute Gasteiger partial charge is 0.334 e. The van der Waals surface area contributed by atoms with Crippen LogP contribution in [0.4, 0.5) is 0 Å². The molecule has 0 saturated carbocycles. The number of carbonyl (C=O) groups excluding carboxylic acids is 1. The van der Waals surface area contributed by atoms with E-state index in [9.17, 15) is 9.90 Å². The molecule has 0 spiro atoms. The van der Waals surface area contributed by atoms with Crippen molar-refractivity contribution >= 4 is 17.7 Å². The molecule has 7 nitrogen and oxygen atoms in total. The van der Waals surface area contributed by atoms with Gasteiger partial charge in [0.15, 0.2) is 0 Å². The maximum atomic E-state index is 11.5. The minimum atomic E-state index is -0.423. The molecule has 0 radical (unpaired) electrons. The molecule has 2 rings (SSSR count). The SMILES string of the molecule is C=C(CSc1nnnn1-c1ccc(O)cc1)C(=O)OCC. The monoisotopic (exact) mass is 306 g/mol. The molecule has 110 valence electrons. The molecule has 0 fully saturated rings. The zero-order valence-electron chi connectivity index (χ0n) is 11.4. The van der Waals surface area contributed by atoms with Gasteiger partial charge in [0, 0.05) is 11.3 Å². The molecule has 1 aromatic carbocycles. The predicted molar refractivity (Wildman–Crippen MR) is 77.3 cm³/mol. The van der Waals surface area contributed by atoms with Crippen LogP contribution in [0.25, 0.3) is 5.69 Å². The van der Waals surface area contributed by atoms with Crippen LogP contribution in [0.15, 0.2) is 41.6 Å². The zero-order chi connectivity index (χ0) is 15.2. The van der Waals surface area contributed by atoms with Gasteiger partial charge in [-0.05, 0) is 41.6 Å². The molecular formula is C13H14N4O3S. The standard InChI is InChI=1S/C13H14N4O3S/c1-3-20-12(19)9(2)8-21-13-14-15-16-17(13)10-4-6-11(18)7-5-10/h4-7,18H,2-3,8H2,1H3. The van der Waals surface area contributed by atoms with Crippen LogP contribution in [-0.2, 0) is 9.53 Å². The summed E-state index contributed by atoms with van der Waals surface area (Å²) in [6.07, 6.45) is 0. The number of nitrogens with zero attached hydrogens (tertiary/aromatic N) is 4. The van der Waals surface area contributed by atoms with Crippen molar-refractivity contribution in [2.75, 3.05) is 12.4 Å². The van der Waals surface area contributed by atoms with Crippen molar-refractivity contribution in [3.05, 3.63) is 36.4 Å². The molecule has 0 aliphatic carbocycles. The summed E-state index contributed by atoms with van der Waals surface area (Å²) in [5, 5.41) is 21.2. The molecule has 0 atom stereocenters. The maximum absolute atomic E-state index is 11.5. The molecule has 8 heteroatoms. The number of hydrogen-bond donors (Lipinski definition) is 1. The van der Waals surface area contributed by atoms with Gasteiger partial charge in [0.05, 0.1) is 12.3 Å². The number of ether oxygens (including phenoxy) is 1. The van der Waals surface area contributed by atoms with Crippen molar-refractivity contribution in [3.63, 3.8) is 0 Å². The van der Waals surface area contributed by atoms with Crippen LogP contribution in [-0.4, -0.2) is 43.6 Å². The van der Waals surface area contributed by atoms with Crippen molar-refractivity contribution in [2.24, 2.45) is 0 Å². The van der Waals surface area contributed by atoms with Gasteiger partial charge in [-0.25, -0.2) is 4.79 Å². The first-order chi connectivity index (χ1) is 10.1. The van der Waals surface area contributed by atoms with Crippen molar-refractivity contribution < 1.29 is 14.6 Å². The summed E-state index contributed by atoms with van der Waals surface area (Å²) in [6, 6.07) is 6.47. The van der Waals surface area contributed by atoms with Crippen LogP contribution < -0.4 is 0 Å². The van der Waals surface area contributed by atoms with Crippen molar-refractivity contribution in [3.8, 4) is 11.4 Å². The fourth-order valence-corrected chi connectivity index (χ4v) is 2.25. The van der Waals surface area contributed by atoms with Gasteiger partial charge < -0.3 is 9.84 Å². The topological polar surface area (TPSA) is 90.1 Å². The molecule has 0 aliphatic heterocycles. The Hall–Kier alpha value is -2.35. The van der Waals surface area contributed by atoms with Crippen molar-refractivity contribution in [1.82, 2.24) is 20.2 Å². The first kappa shape index (κ1) is 15.0. The van der Waals surface area contributed by atoms with Gasteiger partial charge in [0.25, 0.3) is 0 Å². The number of thioether (sulfide) groups is 1. The Bertz CT molecular complexity index is 639. The van der Waals surface area contributed by atoms with Gasteiger partial charge >= 0.3 is 5.97 Å². The third-order valence-electron chi connectivity index (χ3n) is 2.47. The molecule has 0 aliphatic rings. The molecule has 1 heterocycles. The van der Waals surface area contributed by atoms with Gasteiger partial charge in [-0.1, -0.05) is 18.3 Å². The van der Waals surface area contributed by atoms with E-state index >= 15 is 0 Å². The van der Waals surface area contributed by atoms with Gasteiger partial charge in [0.2, 0.25) is 5.16 Å². The zero-order valence-corrected chi connectivity index (χ0v) is 12.2. The summed E-state index contributed by atoms with van der Waals surface area (Å²) in [7, 11) is 0. The Labute approximate surface area is 125 Å². The highest BCUT2D eigenvalue weighted by atomic mass is 32.2. The Morgan fingerprint density at radius 2 is 2.14 bits per heavy atom. The van der Waals surface area contributed by atoms with E-state index in [4.69, 9.17) is 4.74 Å². The van der Waals surface area contributed by atoms with E-state index in [1.54, 1.807) is 31.2 Å². The van der Waals surface area contributed by atoms with E-state index in [2.05, 4.69) is 22.1 Å². The van der Waals surface area contributed by atoms with Crippen LogP contribution in [0.2, 0.25) is 0 Å². The van der Waals surface area contributed by atoms with E-state index in [1.165, 1.54) is 16.4 Å². The van der Waals surface area contributed by atoms with Gasteiger partial charge in [-0.15, -0.1) is 5.10 Å². The fraction of sp³-hybridized carbons (Fsp3) is 0.231. The van der Waals surface area contributed by atoms with E-state index in [1.807, 2.05) is 0 Å². The summed E-state index contributed by atoms with van der Waals surface area (Å²) < 4.78 is 6.38. The van der Waals surface area contributed by atoms with Crippen LogP contribution in [0, 0.1) is 0 Å². The number of hydrogen-bond acceptors (Lipinski definition) is 7. The summed E-state index contributed by atoms with van der Waals surface area (Å²) >= 11 is 1.28. The average molecular weight is 306 g/mol. The Morgan fingerprint density at radius 1 is 1.43 bits per heavy atom. The lowest BCUT2D eigenvalue weighted by molar-refractivity contribution is -0.138. The number of aromatic hydroxyl groups is 1. The number of esters is 1. The molecule has 0 amide bonds. The molecule has 1 aromatic heterocycles. The lowest BCUT2D eigenvalue weighted by Gasteiger charge is -2.06. The second-order valence-corrected chi connectivity index (χ2v) is 4.94. The molecule has 1 N–H and O–H groups in total. The van der Waals surface area contributed by atoms with Crippen LogP contribution in [0.3, 0.4) is 0 Å². The second kappa shape index (κ2) is 6.89. The second-order valence-electron chi connectivity index (χ2n) is 4.00. The minimum absolute atomic E-state index is 0.164. The fourth-order valence-electron chi connectivity index (χ4n) is 1.47. The number of rotatable bonds is 6. The number of carbonyl (C=O) groups is 1. The van der Waals surface area contributed by atoms with Crippen LogP contribution in [0.5, 0.6) is 5.75 Å². The number of aromatic nitrogens is 4. The van der Waals surface area contributed by atoms with Gasteiger partial charge in [-0.3, -0.25) is 0 Å². The third-order valence-corrected chi connectivity index (χ3v) is 3.48. The first-order valence-corrected chi connectivity index (χ1v) is 7.16. The van der Waals surface area contributed by atoms with Crippen molar-refractivity contribution in [2.45, 2.75) is 12.1 Å². The Kier molecular flexibility index (Phi) is 4.94. The highest BCUT2D eigenvalue weighted by Gasteiger charge is 2.13. The van der Waals surface area contributed by atoms with Crippen LogP contribution in [0.1, 0.15) is 6.92 Å². The number of phenols is 1. The highest BCUT2D eigenvalue weighted by Crippen LogP contribution is 2.21. The summed E-state index contributed by atoms with van der Waals surface area (Å²) in [6.45, 7) is 5.73. The molecule has 2 aromatic rings. The largest absolute Gasteiger partial charge is 0.508 e. The van der Waals surface area contributed by atoms with Gasteiger partial charge in [0.1, 0.15) is 5.75 Å². The molecular weight excluding hydrogens is 292 g/mol. The maximum Gasteiger partial charge on any atom is 0.334 e. The summed E-state index contributed by atoms with van der Waals surface area (Å²) in [5.41, 5.74) is 1.06. The lowest BCUT2D eigenvalue weighted by atomic mass is 10.3. The molecule has 0 saturated heterocycles. The van der Waals surface area contributed by atoms with E-state index in [-0.39, 0.29) is 5.75 Å². The predicted octanol–water partition coefficient (Wildman–Crippen LogP) is 1.58. The quantitative estimate of drug-likeness (QED) is 0.492.